The van der Waals surface area contributed by atoms with Gasteiger partial charge < -0.3 is 4.42 Å². The normalized spacial score (nSPS) is 16.7. The van der Waals surface area contributed by atoms with Crippen molar-refractivity contribution in [2.75, 3.05) is 5.01 Å². The average molecular weight is 362 g/mol. The van der Waals surface area contributed by atoms with Gasteiger partial charge in [-0.1, -0.05) is 11.6 Å². The molecule has 7 nitrogen and oxygen atoms in total. The highest BCUT2D eigenvalue weighted by atomic mass is 35.5. The van der Waals surface area contributed by atoms with Gasteiger partial charge in [-0.3, -0.25) is 19.4 Å². The number of hydrogen-bond acceptors (Lipinski definition) is 5. The van der Waals surface area contributed by atoms with Crippen molar-refractivity contribution in [3.63, 3.8) is 0 Å². The number of nitrogens with zero attached hydrogens (tertiary/aromatic N) is 3. The molecule has 1 unspecified atom stereocenters. The van der Waals surface area contributed by atoms with Crippen molar-refractivity contribution in [2.45, 2.75) is 32.2 Å². The fourth-order valence-corrected chi connectivity index (χ4v) is 2.87. The second kappa shape index (κ2) is 6.00. The molecular weight excluding hydrogens is 346 g/mol. The zero-order valence-electron chi connectivity index (χ0n) is 13.9. The number of carbonyl (C=O) groups is 3. The van der Waals surface area contributed by atoms with E-state index in [9.17, 15) is 14.4 Å². The number of hydrazine groups is 1. The molecule has 0 aromatic carbocycles. The summed E-state index contributed by atoms with van der Waals surface area (Å²) in [4.78, 5) is 41.6. The van der Waals surface area contributed by atoms with E-state index in [1.807, 2.05) is 0 Å². The van der Waals surface area contributed by atoms with Crippen LogP contribution in [0.5, 0.6) is 0 Å². The van der Waals surface area contributed by atoms with Crippen LogP contribution in [0, 0.1) is 0 Å². The lowest BCUT2D eigenvalue weighted by Gasteiger charge is -2.38. The maximum atomic E-state index is 13.0. The molecule has 0 saturated carbocycles. The van der Waals surface area contributed by atoms with E-state index in [4.69, 9.17) is 16.0 Å². The number of furan rings is 1. The van der Waals surface area contributed by atoms with Crippen LogP contribution in [0.15, 0.2) is 35.1 Å². The third-order valence-electron chi connectivity index (χ3n) is 3.85. The van der Waals surface area contributed by atoms with Crippen LogP contribution in [0.25, 0.3) is 0 Å². The van der Waals surface area contributed by atoms with E-state index in [-0.39, 0.29) is 11.5 Å². The van der Waals surface area contributed by atoms with Crippen molar-refractivity contribution < 1.29 is 18.8 Å². The van der Waals surface area contributed by atoms with Crippen LogP contribution >= 0.6 is 11.6 Å². The Morgan fingerprint density at radius 1 is 1.44 bits per heavy atom. The Morgan fingerprint density at radius 3 is 2.72 bits per heavy atom. The van der Waals surface area contributed by atoms with Crippen LogP contribution in [0.3, 0.4) is 0 Å². The zero-order chi connectivity index (χ0) is 18.4. The largest absolute Gasteiger partial charge is 0.461 e. The monoisotopic (exact) mass is 361 g/mol. The standard InChI is InChI=1S/C17H16ClN3O4/c1-17(2,3)20(9-22)21-11-7-10(18)8-19-14(11)13(16(21)24)15(23)12-5-4-6-25-12/h4-9,13H,1-3H3. The molecule has 2 amide bonds. The molecule has 25 heavy (non-hydrogen) atoms. The topological polar surface area (TPSA) is 83.7 Å². The van der Waals surface area contributed by atoms with Crippen LogP contribution < -0.4 is 5.01 Å². The lowest BCUT2D eigenvalue weighted by Crippen LogP contribution is -2.54. The number of amides is 2. The summed E-state index contributed by atoms with van der Waals surface area (Å²) in [5, 5.41) is 2.68. The van der Waals surface area contributed by atoms with Crippen LogP contribution in [0.1, 0.15) is 42.9 Å². The van der Waals surface area contributed by atoms with Gasteiger partial charge in [0, 0.05) is 6.20 Å². The molecular formula is C17H16ClN3O4. The van der Waals surface area contributed by atoms with Crippen LogP contribution in [0.4, 0.5) is 5.69 Å². The lowest BCUT2D eigenvalue weighted by atomic mass is 9.99. The van der Waals surface area contributed by atoms with Gasteiger partial charge in [0.25, 0.3) is 5.91 Å². The summed E-state index contributed by atoms with van der Waals surface area (Å²) in [6, 6.07) is 4.56. The van der Waals surface area contributed by atoms with Gasteiger partial charge in [0.1, 0.15) is 0 Å². The molecule has 0 saturated heterocycles. The highest BCUT2D eigenvalue weighted by molar-refractivity contribution is 6.31. The molecule has 0 aliphatic carbocycles. The van der Waals surface area contributed by atoms with E-state index in [1.54, 1.807) is 26.8 Å². The minimum atomic E-state index is -1.19. The van der Waals surface area contributed by atoms with E-state index in [1.165, 1.54) is 29.6 Å². The Morgan fingerprint density at radius 2 is 2.16 bits per heavy atom. The maximum absolute atomic E-state index is 13.0. The molecule has 3 heterocycles. The summed E-state index contributed by atoms with van der Waals surface area (Å²) in [6.45, 7) is 5.32. The smallest absolute Gasteiger partial charge is 0.263 e. The van der Waals surface area contributed by atoms with Crippen LogP contribution in [-0.4, -0.2) is 33.6 Å². The second-order valence-electron chi connectivity index (χ2n) is 6.60. The molecule has 0 bridgehead atoms. The van der Waals surface area contributed by atoms with E-state index >= 15 is 0 Å². The zero-order valence-corrected chi connectivity index (χ0v) is 14.6. The van der Waals surface area contributed by atoms with Gasteiger partial charge in [-0.2, -0.15) is 0 Å². The van der Waals surface area contributed by atoms with Gasteiger partial charge in [0.2, 0.25) is 12.2 Å². The summed E-state index contributed by atoms with van der Waals surface area (Å²) in [7, 11) is 0. The number of fused-ring (bicyclic) bond motifs is 1. The van der Waals surface area contributed by atoms with E-state index < -0.39 is 23.1 Å². The number of ketones is 1. The van der Waals surface area contributed by atoms with Crippen LogP contribution in [0.2, 0.25) is 5.02 Å². The SMILES string of the molecule is CC(C)(C)N(C=O)N1C(=O)C(C(=O)c2ccco2)c2ncc(Cl)cc21. The van der Waals surface area contributed by atoms with Crippen molar-refractivity contribution >= 4 is 35.4 Å². The number of halogens is 1. The molecule has 0 radical (unpaired) electrons. The molecule has 0 spiro atoms. The number of hydrogen-bond donors (Lipinski definition) is 0. The Balaban J connectivity index is 2.14. The first-order valence-corrected chi connectivity index (χ1v) is 7.95. The van der Waals surface area contributed by atoms with Crippen LogP contribution in [-0.2, 0) is 9.59 Å². The van der Waals surface area contributed by atoms with Gasteiger partial charge in [0.05, 0.1) is 28.2 Å². The van der Waals surface area contributed by atoms with Gasteiger partial charge in [-0.15, -0.1) is 0 Å². The molecule has 2 aromatic rings. The Hall–Kier alpha value is -2.67. The van der Waals surface area contributed by atoms with Crippen molar-refractivity contribution in [1.29, 1.82) is 0 Å². The number of Topliss-reactive ketones (excluding diaryl/α,β-unsaturated/α-hetero) is 1. The molecule has 1 aliphatic heterocycles. The maximum Gasteiger partial charge on any atom is 0.263 e. The Kier molecular flexibility index (Phi) is 4.12. The summed E-state index contributed by atoms with van der Waals surface area (Å²) in [5.74, 6) is -2.24. The van der Waals surface area contributed by atoms with Crippen molar-refractivity contribution in [3.8, 4) is 0 Å². The molecule has 0 N–H and O–H groups in total. The molecule has 1 atom stereocenters. The van der Waals surface area contributed by atoms with Crippen molar-refractivity contribution in [2.24, 2.45) is 0 Å². The molecule has 0 fully saturated rings. The minimum absolute atomic E-state index is 0.0521. The number of carbonyl (C=O) groups excluding carboxylic acids is 3. The Labute approximate surface area is 149 Å². The first-order chi connectivity index (χ1) is 11.8. The summed E-state index contributed by atoms with van der Waals surface area (Å²) >= 11 is 6.01. The average Bonchev–Trinajstić information content (AvgIpc) is 3.14. The van der Waals surface area contributed by atoms with Gasteiger partial charge in [-0.25, -0.2) is 10.0 Å². The lowest BCUT2D eigenvalue weighted by molar-refractivity contribution is -0.132. The third-order valence-corrected chi connectivity index (χ3v) is 4.06. The Bertz CT molecular complexity index is 842. The first kappa shape index (κ1) is 17.2. The van der Waals surface area contributed by atoms with E-state index in [2.05, 4.69) is 4.98 Å². The predicted molar refractivity (Wildman–Crippen MR) is 90.2 cm³/mol. The third kappa shape index (κ3) is 2.80. The van der Waals surface area contributed by atoms with Gasteiger partial charge >= 0.3 is 0 Å². The number of anilines is 1. The minimum Gasteiger partial charge on any atom is -0.461 e. The van der Waals surface area contributed by atoms with E-state index in [0.29, 0.717) is 17.1 Å². The number of aromatic nitrogens is 1. The molecule has 2 aromatic heterocycles. The quantitative estimate of drug-likeness (QED) is 0.475. The van der Waals surface area contributed by atoms with Gasteiger partial charge in [-0.05, 0) is 39.0 Å². The molecule has 8 heteroatoms. The number of rotatable bonds is 4. The second-order valence-corrected chi connectivity index (χ2v) is 7.04. The fourth-order valence-electron chi connectivity index (χ4n) is 2.71. The van der Waals surface area contributed by atoms with Gasteiger partial charge in [0.15, 0.2) is 11.7 Å². The highest BCUT2D eigenvalue weighted by Gasteiger charge is 2.48. The molecule has 130 valence electrons. The fraction of sp³-hybridized carbons (Fsp3) is 0.294. The predicted octanol–water partition coefficient (Wildman–Crippen LogP) is 2.81. The number of pyridine rings is 1. The summed E-state index contributed by atoms with van der Waals surface area (Å²) in [6.07, 6.45) is 3.26. The summed E-state index contributed by atoms with van der Waals surface area (Å²) in [5.41, 5.74) is -0.143. The van der Waals surface area contributed by atoms with E-state index in [0.717, 1.165) is 5.01 Å². The first-order valence-electron chi connectivity index (χ1n) is 7.57. The molecule has 3 rings (SSSR count). The van der Waals surface area contributed by atoms with Crippen molar-refractivity contribution in [3.05, 3.63) is 47.1 Å². The highest BCUT2D eigenvalue weighted by Crippen LogP contribution is 2.41. The van der Waals surface area contributed by atoms with Crippen molar-refractivity contribution in [1.82, 2.24) is 9.99 Å². The molecule has 1 aliphatic rings. The summed E-state index contributed by atoms with van der Waals surface area (Å²) < 4.78 is 5.13.